The Morgan fingerprint density at radius 1 is 1.17 bits per heavy atom. The number of hydrogen-bond donors (Lipinski definition) is 2. The van der Waals surface area contributed by atoms with Gasteiger partial charge >= 0.3 is 6.03 Å². The molecule has 2 amide bonds. The van der Waals surface area contributed by atoms with Crippen molar-refractivity contribution < 1.29 is 19.4 Å². The Labute approximate surface area is 224 Å². The van der Waals surface area contributed by atoms with Gasteiger partial charge in [-0.3, -0.25) is 0 Å². The molecule has 0 unspecified atom stereocenters. The number of carbonyl (C=O) groups is 1. The van der Waals surface area contributed by atoms with Crippen molar-refractivity contribution in [3.63, 3.8) is 0 Å². The molecule has 0 spiro atoms. The van der Waals surface area contributed by atoms with E-state index in [0.29, 0.717) is 36.0 Å². The van der Waals surface area contributed by atoms with E-state index in [0.717, 1.165) is 15.6 Å². The van der Waals surface area contributed by atoms with Gasteiger partial charge in [-0.1, -0.05) is 58.4 Å². The predicted molar refractivity (Wildman–Crippen MR) is 143 cm³/mol. The first-order valence-electron chi connectivity index (χ1n) is 11.8. The van der Waals surface area contributed by atoms with E-state index < -0.39 is 17.2 Å². The quantitative estimate of drug-likeness (QED) is 0.391. The fourth-order valence-corrected chi connectivity index (χ4v) is 5.97. The molecule has 6 nitrogen and oxygen atoms in total. The number of ether oxygens (including phenoxy) is 2. The lowest BCUT2D eigenvalue weighted by atomic mass is 9.71. The van der Waals surface area contributed by atoms with E-state index in [1.54, 1.807) is 20.2 Å². The van der Waals surface area contributed by atoms with Crippen molar-refractivity contribution in [2.75, 3.05) is 26.6 Å². The summed E-state index contributed by atoms with van der Waals surface area (Å²) in [4.78, 5) is 14.3. The van der Waals surface area contributed by atoms with E-state index in [4.69, 9.17) is 21.1 Å². The van der Waals surface area contributed by atoms with Gasteiger partial charge in [0.05, 0.1) is 11.9 Å². The van der Waals surface area contributed by atoms with Crippen molar-refractivity contribution in [2.45, 2.75) is 29.6 Å². The second-order valence-electron chi connectivity index (χ2n) is 9.40. The van der Waals surface area contributed by atoms with Gasteiger partial charge in [-0.05, 0) is 41.8 Å². The normalized spacial score (nSPS) is 26.0. The average molecular weight is 572 g/mol. The summed E-state index contributed by atoms with van der Waals surface area (Å²) in [5.74, 6) is 1.24. The first-order chi connectivity index (χ1) is 17.3. The molecule has 0 bridgehead atoms. The third-order valence-electron chi connectivity index (χ3n) is 7.19. The van der Waals surface area contributed by atoms with E-state index in [9.17, 15) is 9.90 Å². The van der Waals surface area contributed by atoms with Gasteiger partial charge in [-0.15, -0.1) is 11.6 Å². The van der Waals surface area contributed by atoms with Gasteiger partial charge in [-0.2, -0.15) is 0 Å². The van der Waals surface area contributed by atoms with Gasteiger partial charge in [0, 0.05) is 36.1 Å². The van der Waals surface area contributed by atoms with Crippen LogP contribution >= 0.6 is 27.5 Å². The van der Waals surface area contributed by atoms with Crippen molar-refractivity contribution in [2.24, 2.45) is 0 Å². The molecule has 188 valence electrons. The first kappa shape index (κ1) is 24.9. The van der Waals surface area contributed by atoms with Gasteiger partial charge < -0.3 is 24.8 Å². The zero-order valence-corrected chi connectivity index (χ0v) is 22.4. The number of carbonyl (C=O) groups excluding carboxylic acids is 1. The molecule has 1 heterocycles. The second kappa shape index (κ2) is 9.61. The van der Waals surface area contributed by atoms with Crippen molar-refractivity contribution >= 4 is 33.6 Å². The highest BCUT2D eigenvalue weighted by molar-refractivity contribution is 9.10. The van der Waals surface area contributed by atoms with E-state index in [2.05, 4.69) is 21.2 Å². The number of fused-ring (bicyclic) bond motifs is 3. The van der Waals surface area contributed by atoms with Crippen LogP contribution in [-0.4, -0.2) is 48.7 Å². The number of halogens is 2. The van der Waals surface area contributed by atoms with Gasteiger partial charge in [0.1, 0.15) is 18.1 Å². The average Bonchev–Trinajstić information content (AvgIpc) is 3.28. The van der Waals surface area contributed by atoms with Crippen molar-refractivity contribution in [1.82, 2.24) is 10.2 Å². The summed E-state index contributed by atoms with van der Waals surface area (Å²) in [6.45, 7) is 0.358. The number of nitrogens with zero attached hydrogens (tertiary/aromatic N) is 1. The molecule has 3 aromatic rings. The largest absolute Gasteiger partial charge is 0.492 e. The van der Waals surface area contributed by atoms with Crippen molar-refractivity contribution in [3.05, 3.63) is 94.0 Å². The number of benzene rings is 3. The minimum atomic E-state index is -1.55. The highest BCUT2D eigenvalue weighted by atomic mass is 79.9. The van der Waals surface area contributed by atoms with Gasteiger partial charge in [0.15, 0.2) is 11.2 Å². The molecule has 5 rings (SSSR count). The van der Waals surface area contributed by atoms with Crippen molar-refractivity contribution in [1.29, 1.82) is 0 Å². The summed E-state index contributed by atoms with van der Waals surface area (Å²) in [6, 6.07) is 22.4. The Kier molecular flexibility index (Phi) is 6.66. The fraction of sp³-hybridized carbons (Fsp3) is 0.321. The van der Waals surface area contributed by atoms with Crippen LogP contribution in [0.4, 0.5) is 4.79 Å². The van der Waals surface area contributed by atoms with E-state index in [1.807, 2.05) is 66.7 Å². The summed E-state index contributed by atoms with van der Waals surface area (Å²) in [5.41, 5.74) is -0.277. The monoisotopic (exact) mass is 570 g/mol. The number of aliphatic hydroxyl groups is 1. The Bertz CT molecular complexity index is 1260. The SMILES string of the molecule is CN(C)C(=O)N[C@H]1C[C@@H](c2ccccc2)[C@]2(c3ccc(Br)cc3)Oc3cc(OCCCl)ccc3[C@]12O. The minimum Gasteiger partial charge on any atom is -0.492 e. The summed E-state index contributed by atoms with van der Waals surface area (Å²) in [7, 11) is 3.37. The third-order valence-corrected chi connectivity index (χ3v) is 7.88. The van der Waals surface area contributed by atoms with Crippen LogP contribution in [0.3, 0.4) is 0 Å². The Morgan fingerprint density at radius 2 is 1.89 bits per heavy atom. The van der Waals surface area contributed by atoms with E-state index >= 15 is 0 Å². The van der Waals surface area contributed by atoms with Crippen LogP contribution in [0.2, 0.25) is 0 Å². The van der Waals surface area contributed by atoms with Gasteiger partial charge in [0.2, 0.25) is 0 Å². The molecule has 2 N–H and O–H groups in total. The van der Waals surface area contributed by atoms with E-state index in [1.165, 1.54) is 4.90 Å². The zero-order valence-electron chi connectivity index (χ0n) is 20.1. The maximum atomic E-state index is 12.9. The van der Waals surface area contributed by atoms with Crippen LogP contribution in [0, 0.1) is 0 Å². The molecule has 3 aromatic carbocycles. The molecule has 1 fully saturated rings. The molecule has 4 atom stereocenters. The highest BCUT2D eigenvalue weighted by Gasteiger charge is 2.73. The molecule has 1 aliphatic carbocycles. The lowest BCUT2D eigenvalue weighted by molar-refractivity contribution is -0.116. The highest BCUT2D eigenvalue weighted by Crippen LogP contribution is 2.66. The molecule has 2 aliphatic rings. The Balaban J connectivity index is 1.73. The predicted octanol–water partition coefficient (Wildman–Crippen LogP) is 5.37. The van der Waals surface area contributed by atoms with Crippen LogP contribution in [0.15, 0.2) is 77.3 Å². The number of alkyl halides is 1. The summed E-state index contributed by atoms with van der Waals surface area (Å²) in [5, 5.41) is 15.9. The van der Waals surface area contributed by atoms with Gasteiger partial charge in [0.25, 0.3) is 0 Å². The maximum Gasteiger partial charge on any atom is 0.317 e. The van der Waals surface area contributed by atoms with Crippen molar-refractivity contribution in [3.8, 4) is 11.5 Å². The van der Waals surface area contributed by atoms with Crippen LogP contribution in [0.1, 0.15) is 29.0 Å². The number of hydrogen-bond acceptors (Lipinski definition) is 4. The summed E-state index contributed by atoms with van der Waals surface area (Å²) < 4.78 is 13.5. The Hall–Kier alpha value is -2.74. The number of urea groups is 1. The lowest BCUT2D eigenvalue weighted by Gasteiger charge is -2.41. The molecular weight excluding hydrogens is 544 g/mol. The molecule has 1 aliphatic heterocycles. The number of amides is 2. The molecular formula is C28H28BrClN2O4. The third kappa shape index (κ3) is 3.85. The lowest BCUT2D eigenvalue weighted by Crippen LogP contribution is -2.57. The maximum absolute atomic E-state index is 12.9. The zero-order chi connectivity index (χ0) is 25.5. The molecule has 0 radical (unpaired) electrons. The molecule has 0 saturated heterocycles. The second-order valence-corrected chi connectivity index (χ2v) is 10.7. The topological polar surface area (TPSA) is 71.0 Å². The fourth-order valence-electron chi connectivity index (χ4n) is 5.63. The van der Waals surface area contributed by atoms with E-state index in [-0.39, 0.29) is 11.9 Å². The molecule has 0 aromatic heterocycles. The summed E-state index contributed by atoms with van der Waals surface area (Å²) >= 11 is 9.35. The minimum absolute atomic E-state index is 0.253. The standard InChI is InChI=1S/C28H28BrClN2O4/c1-32(2)26(33)31-25-17-23(18-6-4-3-5-7-18)28(19-8-10-20(29)11-9-19)27(25,34)22-13-12-21(35-15-14-30)16-24(22)36-28/h3-13,16,23,25,34H,14-15,17H2,1-2H3,(H,31,33)/t23-,25-,27-,28-/m0/s1. The first-order valence-corrected chi connectivity index (χ1v) is 13.2. The Morgan fingerprint density at radius 3 is 2.56 bits per heavy atom. The summed E-state index contributed by atoms with van der Waals surface area (Å²) in [6.07, 6.45) is 0.486. The smallest absolute Gasteiger partial charge is 0.317 e. The van der Waals surface area contributed by atoms with Crippen LogP contribution < -0.4 is 14.8 Å². The number of nitrogens with one attached hydrogen (secondary N) is 1. The molecule has 36 heavy (non-hydrogen) atoms. The van der Waals surface area contributed by atoms with Crippen LogP contribution in [0.25, 0.3) is 0 Å². The molecule has 8 heteroatoms. The molecule has 1 saturated carbocycles. The van der Waals surface area contributed by atoms with Crippen LogP contribution in [-0.2, 0) is 11.2 Å². The van der Waals surface area contributed by atoms with Crippen LogP contribution in [0.5, 0.6) is 11.5 Å². The van der Waals surface area contributed by atoms with Gasteiger partial charge in [-0.25, -0.2) is 4.79 Å². The number of rotatable bonds is 6.